The van der Waals surface area contributed by atoms with Crippen molar-refractivity contribution in [1.82, 2.24) is 0 Å². The maximum Gasteiger partial charge on any atom is 0.231 e. The summed E-state index contributed by atoms with van der Waals surface area (Å²) in [6, 6.07) is 5.21. The Morgan fingerprint density at radius 1 is 1.38 bits per heavy atom. The van der Waals surface area contributed by atoms with Crippen LogP contribution in [0.4, 0.5) is 0 Å². The number of ether oxygens (including phenoxy) is 2. The summed E-state index contributed by atoms with van der Waals surface area (Å²) < 4.78 is 10.4. The number of benzene rings is 1. The van der Waals surface area contributed by atoms with Gasteiger partial charge >= 0.3 is 0 Å². The number of nitrogens with two attached hydrogens (primary N) is 1. The lowest BCUT2D eigenvalue weighted by Gasteiger charge is -2.20. The van der Waals surface area contributed by atoms with E-state index in [1.807, 2.05) is 13.8 Å². The van der Waals surface area contributed by atoms with Crippen LogP contribution in [0.5, 0.6) is 11.5 Å². The van der Waals surface area contributed by atoms with Gasteiger partial charge in [-0.3, -0.25) is 4.79 Å². The quantitative estimate of drug-likeness (QED) is 0.787. The number of hydrogen-bond donors (Lipinski definition) is 1. The molecule has 0 unspecified atom stereocenters. The summed E-state index contributed by atoms with van der Waals surface area (Å²) in [5, 5.41) is 0. The Morgan fingerprint density at radius 2 is 2.06 bits per heavy atom. The number of carbonyl (C=O) groups is 1. The van der Waals surface area contributed by atoms with Crippen LogP contribution in [-0.4, -0.2) is 19.1 Å². The van der Waals surface area contributed by atoms with Gasteiger partial charge in [0.1, 0.15) is 0 Å². The van der Waals surface area contributed by atoms with E-state index in [4.69, 9.17) is 15.2 Å². The van der Waals surface area contributed by atoms with E-state index >= 15 is 0 Å². The Balaban J connectivity index is 2.32. The summed E-state index contributed by atoms with van der Waals surface area (Å²) in [4.78, 5) is 12.1. The van der Waals surface area contributed by atoms with E-state index in [1.54, 1.807) is 18.2 Å². The average molecular weight is 221 g/mol. The topological polar surface area (TPSA) is 61.6 Å². The molecule has 1 aliphatic rings. The van der Waals surface area contributed by atoms with Gasteiger partial charge in [-0.15, -0.1) is 0 Å². The van der Waals surface area contributed by atoms with Crippen molar-refractivity contribution < 1.29 is 14.3 Å². The minimum absolute atomic E-state index is 0.0216. The highest BCUT2D eigenvalue weighted by Gasteiger charge is 2.28. The molecular formula is C12H15NO3. The normalized spacial score (nSPS) is 13.9. The van der Waals surface area contributed by atoms with Crippen molar-refractivity contribution in [3.05, 3.63) is 23.8 Å². The molecule has 86 valence electrons. The molecule has 0 amide bonds. The fourth-order valence-corrected chi connectivity index (χ4v) is 1.52. The van der Waals surface area contributed by atoms with Crippen LogP contribution in [0.3, 0.4) is 0 Å². The second-order valence-corrected chi connectivity index (χ2v) is 4.49. The molecule has 1 aromatic rings. The number of Topliss-reactive ketones (excluding diaryl/α,β-unsaturated/α-hetero) is 1. The summed E-state index contributed by atoms with van der Waals surface area (Å²) in [6.07, 6.45) is 0. The van der Waals surface area contributed by atoms with Crippen LogP contribution in [0.25, 0.3) is 0 Å². The summed E-state index contributed by atoms with van der Waals surface area (Å²) in [5.74, 6) is 1.33. The highest BCUT2D eigenvalue weighted by Crippen LogP contribution is 2.34. The van der Waals surface area contributed by atoms with E-state index in [0.717, 1.165) is 0 Å². The molecule has 0 saturated heterocycles. The van der Waals surface area contributed by atoms with Gasteiger partial charge in [-0.1, -0.05) is 13.8 Å². The summed E-state index contributed by atoms with van der Waals surface area (Å²) in [7, 11) is 0. The standard InChI is InChI=1S/C12H15NO3/c1-12(2,6-13)11(14)8-3-4-9-10(5-8)16-7-15-9/h3-5H,6-7,13H2,1-2H3. The fourth-order valence-electron chi connectivity index (χ4n) is 1.52. The predicted molar refractivity (Wildman–Crippen MR) is 59.7 cm³/mol. The van der Waals surface area contributed by atoms with Crippen LogP contribution in [0.1, 0.15) is 24.2 Å². The molecule has 0 spiro atoms. The number of carbonyl (C=O) groups excluding carboxylic acids is 1. The molecule has 0 aliphatic carbocycles. The van der Waals surface area contributed by atoms with Gasteiger partial charge in [-0.2, -0.15) is 0 Å². The van der Waals surface area contributed by atoms with Gasteiger partial charge in [0.15, 0.2) is 17.3 Å². The lowest BCUT2D eigenvalue weighted by molar-refractivity contribution is 0.0847. The molecule has 4 nitrogen and oxygen atoms in total. The third-order valence-electron chi connectivity index (χ3n) is 2.76. The van der Waals surface area contributed by atoms with Crippen molar-refractivity contribution in [2.75, 3.05) is 13.3 Å². The second-order valence-electron chi connectivity index (χ2n) is 4.49. The van der Waals surface area contributed by atoms with Crippen LogP contribution >= 0.6 is 0 Å². The third-order valence-corrected chi connectivity index (χ3v) is 2.76. The lowest BCUT2D eigenvalue weighted by Crippen LogP contribution is -2.32. The van der Waals surface area contributed by atoms with Crippen molar-refractivity contribution in [2.45, 2.75) is 13.8 Å². The number of fused-ring (bicyclic) bond motifs is 1. The van der Waals surface area contributed by atoms with E-state index < -0.39 is 5.41 Å². The van der Waals surface area contributed by atoms with Crippen molar-refractivity contribution in [2.24, 2.45) is 11.1 Å². The fraction of sp³-hybridized carbons (Fsp3) is 0.417. The first-order valence-corrected chi connectivity index (χ1v) is 5.19. The van der Waals surface area contributed by atoms with E-state index in [2.05, 4.69) is 0 Å². The lowest BCUT2D eigenvalue weighted by atomic mass is 9.84. The maximum atomic E-state index is 12.1. The smallest absolute Gasteiger partial charge is 0.231 e. The largest absolute Gasteiger partial charge is 0.454 e. The highest BCUT2D eigenvalue weighted by molar-refractivity contribution is 6.00. The SMILES string of the molecule is CC(C)(CN)C(=O)c1ccc2c(c1)OCO2. The zero-order valence-corrected chi connectivity index (χ0v) is 9.45. The summed E-state index contributed by atoms with van der Waals surface area (Å²) >= 11 is 0. The zero-order valence-electron chi connectivity index (χ0n) is 9.45. The van der Waals surface area contributed by atoms with Crippen LogP contribution in [0.15, 0.2) is 18.2 Å². The molecule has 2 rings (SSSR count). The molecular weight excluding hydrogens is 206 g/mol. The Labute approximate surface area is 94.3 Å². The molecule has 1 aliphatic heterocycles. The van der Waals surface area contributed by atoms with E-state index in [-0.39, 0.29) is 12.6 Å². The molecule has 0 fully saturated rings. The van der Waals surface area contributed by atoms with Gasteiger partial charge in [0.25, 0.3) is 0 Å². The summed E-state index contributed by atoms with van der Waals surface area (Å²) in [6.45, 7) is 4.20. The van der Waals surface area contributed by atoms with Gasteiger partial charge in [-0.25, -0.2) is 0 Å². The van der Waals surface area contributed by atoms with Crippen molar-refractivity contribution in [1.29, 1.82) is 0 Å². The number of hydrogen-bond acceptors (Lipinski definition) is 4. The van der Waals surface area contributed by atoms with Crippen molar-refractivity contribution in [3.8, 4) is 11.5 Å². The second kappa shape index (κ2) is 3.79. The molecule has 0 radical (unpaired) electrons. The molecule has 16 heavy (non-hydrogen) atoms. The first-order chi connectivity index (χ1) is 7.54. The molecule has 1 heterocycles. The van der Waals surface area contributed by atoms with Gasteiger partial charge in [0.2, 0.25) is 6.79 Å². The third kappa shape index (κ3) is 1.76. The average Bonchev–Trinajstić information content (AvgIpc) is 2.74. The predicted octanol–water partition coefficient (Wildman–Crippen LogP) is 1.58. The monoisotopic (exact) mass is 221 g/mol. The summed E-state index contributed by atoms with van der Waals surface area (Å²) in [5.41, 5.74) is 5.64. The molecule has 4 heteroatoms. The Hall–Kier alpha value is -1.55. The van der Waals surface area contributed by atoms with E-state index in [0.29, 0.717) is 23.6 Å². The number of rotatable bonds is 3. The van der Waals surface area contributed by atoms with E-state index in [1.165, 1.54) is 0 Å². The van der Waals surface area contributed by atoms with Crippen LogP contribution < -0.4 is 15.2 Å². The van der Waals surface area contributed by atoms with Gasteiger partial charge < -0.3 is 15.2 Å². The Morgan fingerprint density at radius 3 is 2.75 bits per heavy atom. The minimum Gasteiger partial charge on any atom is -0.454 e. The minimum atomic E-state index is -0.548. The molecule has 2 N–H and O–H groups in total. The molecule has 0 saturated carbocycles. The Bertz CT molecular complexity index is 426. The van der Waals surface area contributed by atoms with Gasteiger partial charge in [-0.05, 0) is 18.2 Å². The van der Waals surface area contributed by atoms with E-state index in [9.17, 15) is 4.79 Å². The molecule has 0 bridgehead atoms. The zero-order chi connectivity index (χ0) is 11.8. The first-order valence-electron chi connectivity index (χ1n) is 5.19. The van der Waals surface area contributed by atoms with Gasteiger partial charge in [0.05, 0.1) is 0 Å². The van der Waals surface area contributed by atoms with Crippen LogP contribution in [0.2, 0.25) is 0 Å². The molecule has 0 atom stereocenters. The van der Waals surface area contributed by atoms with Crippen LogP contribution in [-0.2, 0) is 0 Å². The first kappa shape index (κ1) is 11.0. The van der Waals surface area contributed by atoms with Gasteiger partial charge in [0, 0.05) is 17.5 Å². The number of ketones is 1. The Kier molecular flexibility index (Phi) is 2.59. The maximum absolute atomic E-state index is 12.1. The highest BCUT2D eigenvalue weighted by atomic mass is 16.7. The van der Waals surface area contributed by atoms with Crippen LogP contribution in [0, 0.1) is 5.41 Å². The van der Waals surface area contributed by atoms with Crippen molar-refractivity contribution >= 4 is 5.78 Å². The molecule has 0 aromatic heterocycles. The molecule has 1 aromatic carbocycles. The van der Waals surface area contributed by atoms with Crippen molar-refractivity contribution in [3.63, 3.8) is 0 Å².